The summed E-state index contributed by atoms with van der Waals surface area (Å²) in [4.78, 5) is 0. The van der Waals surface area contributed by atoms with Crippen molar-refractivity contribution in [3.63, 3.8) is 0 Å². The summed E-state index contributed by atoms with van der Waals surface area (Å²) in [6.45, 7) is 1.81. The molecule has 0 spiro atoms. The zero-order valence-electron chi connectivity index (χ0n) is 7.78. The summed E-state index contributed by atoms with van der Waals surface area (Å²) in [6.07, 6.45) is 0.687. The Bertz CT molecular complexity index is 514. The molecule has 0 bridgehead atoms. The Kier molecular flexibility index (Phi) is 1.29. The molecular formula is C11H9NO2. The van der Waals surface area contributed by atoms with E-state index in [4.69, 9.17) is 4.42 Å². The Hall–Kier alpha value is -1.77. The van der Waals surface area contributed by atoms with E-state index in [1.165, 1.54) is 5.56 Å². The largest absolute Gasteiger partial charge is 0.540 e. The molecule has 0 amide bonds. The van der Waals surface area contributed by atoms with Crippen LogP contribution < -0.4 is 9.67 Å². The molecule has 2 heterocycles. The first kappa shape index (κ1) is 7.62. The molecule has 3 rings (SSSR count). The third-order valence-corrected chi connectivity index (χ3v) is 2.65. The second-order valence-corrected chi connectivity index (χ2v) is 3.50. The lowest BCUT2D eigenvalue weighted by Gasteiger charge is -1.93. The quantitative estimate of drug-likeness (QED) is 0.489. The highest BCUT2D eigenvalue weighted by molar-refractivity contribution is 5.41. The van der Waals surface area contributed by atoms with Crippen molar-refractivity contribution in [2.24, 2.45) is 0 Å². The van der Waals surface area contributed by atoms with Crippen molar-refractivity contribution >= 4 is 0 Å². The van der Waals surface area contributed by atoms with Crippen LogP contribution in [-0.4, -0.2) is 0 Å². The monoisotopic (exact) mass is 187 g/mol. The van der Waals surface area contributed by atoms with Crippen molar-refractivity contribution in [3.8, 4) is 11.6 Å². The number of benzene rings is 1. The third kappa shape index (κ3) is 0.789. The minimum absolute atomic E-state index is 0.210. The van der Waals surface area contributed by atoms with Crippen molar-refractivity contribution in [2.45, 2.75) is 13.3 Å². The molecule has 0 saturated heterocycles. The maximum atomic E-state index is 11.4. The summed E-state index contributed by atoms with van der Waals surface area (Å²) in [5.74, 6) is 0.452. The lowest BCUT2D eigenvalue weighted by molar-refractivity contribution is -0.609. The van der Waals surface area contributed by atoms with Crippen molar-refractivity contribution in [1.29, 1.82) is 0 Å². The maximum Gasteiger partial charge on any atom is 0.239 e. The first-order valence-electron chi connectivity index (χ1n) is 4.57. The molecule has 70 valence electrons. The van der Waals surface area contributed by atoms with Crippen LogP contribution in [-0.2, 0) is 6.42 Å². The van der Waals surface area contributed by atoms with Gasteiger partial charge in [-0.25, -0.2) is 0 Å². The SMILES string of the molecule is Cc1oc([O-])c2[n+]1-c1ccccc1C2. The van der Waals surface area contributed by atoms with Crippen LogP contribution in [0.15, 0.2) is 28.7 Å². The Labute approximate surface area is 81.2 Å². The predicted octanol–water partition coefficient (Wildman–Crippen LogP) is 0.843. The van der Waals surface area contributed by atoms with Crippen molar-refractivity contribution in [1.82, 2.24) is 0 Å². The molecular weight excluding hydrogens is 178 g/mol. The van der Waals surface area contributed by atoms with E-state index in [2.05, 4.69) is 0 Å². The van der Waals surface area contributed by atoms with E-state index in [0.717, 1.165) is 11.4 Å². The van der Waals surface area contributed by atoms with Crippen LogP contribution in [0.5, 0.6) is 5.95 Å². The smallest absolute Gasteiger partial charge is 0.239 e. The van der Waals surface area contributed by atoms with E-state index in [1.807, 2.05) is 35.8 Å². The highest BCUT2D eigenvalue weighted by Gasteiger charge is 2.30. The summed E-state index contributed by atoms with van der Waals surface area (Å²) in [7, 11) is 0. The molecule has 3 nitrogen and oxygen atoms in total. The molecule has 0 radical (unpaired) electrons. The van der Waals surface area contributed by atoms with Gasteiger partial charge in [0, 0.05) is 18.6 Å². The van der Waals surface area contributed by atoms with Gasteiger partial charge in [-0.05, 0) is 0 Å². The normalized spacial score (nSPS) is 12.6. The second-order valence-electron chi connectivity index (χ2n) is 3.50. The van der Waals surface area contributed by atoms with Crippen molar-refractivity contribution < 1.29 is 14.1 Å². The van der Waals surface area contributed by atoms with Crippen LogP contribution in [0.4, 0.5) is 0 Å². The Morgan fingerprint density at radius 2 is 2.14 bits per heavy atom. The van der Waals surface area contributed by atoms with E-state index in [0.29, 0.717) is 12.3 Å². The summed E-state index contributed by atoms with van der Waals surface area (Å²) in [5, 5.41) is 11.4. The molecule has 0 aliphatic carbocycles. The topological polar surface area (TPSA) is 40.1 Å². The minimum atomic E-state index is -0.210. The van der Waals surface area contributed by atoms with Crippen LogP contribution >= 0.6 is 0 Å². The molecule has 1 aromatic carbocycles. The molecule has 14 heavy (non-hydrogen) atoms. The number of aromatic nitrogens is 1. The highest BCUT2D eigenvalue weighted by atomic mass is 16.5. The maximum absolute atomic E-state index is 11.4. The van der Waals surface area contributed by atoms with Gasteiger partial charge in [0.25, 0.3) is 0 Å². The Balaban J connectivity index is 2.35. The van der Waals surface area contributed by atoms with Gasteiger partial charge in [0.2, 0.25) is 17.3 Å². The van der Waals surface area contributed by atoms with Crippen LogP contribution in [0.1, 0.15) is 17.1 Å². The van der Waals surface area contributed by atoms with Gasteiger partial charge in [0.1, 0.15) is 5.95 Å². The molecule has 0 saturated carbocycles. The van der Waals surface area contributed by atoms with Crippen molar-refractivity contribution in [2.75, 3.05) is 0 Å². The molecule has 1 aliphatic heterocycles. The summed E-state index contributed by atoms with van der Waals surface area (Å²) in [6, 6.07) is 8.01. The van der Waals surface area contributed by atoms with Gasteiger partial charge in [-0.15, -0.1) is 0 Å². The average molecular weight is 187 g/mol. The van der Waals surface area contributed by atoms with E-state index >= 15 is 0 Å². The number of hydrogen-bond donors (Lipinski definition) is 0. The zero-order chi connectivity index (χ0) is 9.71. The molecule has 3 heteroatoms. The Morgan fingerprint density at radius 3 is 3.00 bits per heavy atom. The van der Waals surface area contributed by atoms with Gasteiger partial charge in [-0.3, -0.25) is 0 Å². The fourth-order valence-electron chi connectivity index (χ4n) is 2.05. The fourth-order valence-corrected chi connectivity index (χ4v) is 2.05. The molecule has 0 fully saturated rings. The number of oxazole rings is 1. The van der Waals surface area contributed by atoms with E-state index in [-0.39, 0.29) is 5.95 Å². The van der Waals surface area contributed by atoms with Crippen LogP contribution in [0.25, 0.3) is 5.69 Å². The predicted molar refractivity (Wildman–Crippen MR) is 47.2 cm³/mol. The van der Waals surface area contributed by atoms with Gasteiger partial charge in [-0.1, -0.05) is 18.2 Å². The first-order valence-corrected chi connectivity index (χ1v) is 4.57. The number of hydrogen-bond acceptors (Lipinski definition) is 2. The molecule has 0 atom stereocenters. The average Bonchev–Trinajstić information content (AvgIpc) is 2.66. The number of nitrogens with zero attached hydrogens (tertiary/aromatic N) is 1. The van der Waals surface area contributed by atoms with Gasteiger partial charge < -0.3 is 9.52 Å². The lowest BCUT2D eigenvalue weighted by atomic mass is 10.1. The minimum Gasteiger partial charge on any atom is -0.540 e. The second kappa shape index (κ2) is 2.38. The third-order valence-electron chi connectivity index (χ3n) is 2.65. The summed E-state index contributed by atoms with van der Waals surface area (Å²) >= 11 is 0. The van der Waals surface area contributed by atoms with E-state index in [1.54, 1.807) is 0 Å². The van der Waals surface area contributed by atoms with Gasteiger partial charge in [0.15, 0.2) is 0 Å². The molecule has 1 aromatic heterocycles. The molecule has 2 aromatic rings. The van der Waals surface area contributed by atoms with Gasteiger partial charge in [-0.2, -0.15) is 4.57 Å². The zero-order valence-corrected chi connectivity index (χ0v) is 7.78. The number of rotatable bonds is 0. The number of para-hydroxylation sites is 1. The van der Waals surface area contributed by atoms with E-state index in [9.17, 15) is 5.11 Å². The highest BCUT2D eigenvalue weighted by Crippen LogP contribution is 2.27. The Morgan fingerprint density at radius 1 is 1.36 bits per heavy atom. The standard InChI is InChI=1S/C11H9NO2/c1-7-12-9-5-3-2-4-8(9)6-10(12)11(13)14-7/h2-5H,6H2,1H3. The van der Waals surface area contributed by atoms with Crippen LogP contribution in [0.2, 0.25) is 0 Å². The number of fused-ring (bicyclic) bond motifs is 3. The lowest BCUT2D eigenvalue weighted by Crippen LogP contribution is -2.32. The van der Waals surface area contributed by atoms with Crippen molar-refractivity contribution in [3.05, 3.63) is 41.4 Å². The fraction of sp³-hybridized carbons (Fsp3) is 0.182. The van der Waals surface area contributed by atoms with Gasteiger partial charge in [0.05, 0.1) is 6.42 Å². The van der Waals surface area contributed by atoms with E-state index < -0.39 is 0 Å². The van der Waals surface area contributed by atoms with Gasteiger partial charge >= 0.3 is 0 Å². The first-order chi connectivity index (χ1) is 6.77. The molecule has 1 aliphatic rings. The van der Waals surface area contributed by atoms with Crippen LogP contribution in [0.3, 0.4) is 0 Å². The molecule has 0 N–H and O–H groups in total. The van der Waals surface area contributed by atoms with Crippen LogP contribution in [0, 0.1) is 6.92 Å². The summed E-state index contributed by atoms with van der Waals surface area (Å²) in [5.41, 5.74) is 3.01. The summed E-state index contributed by atoms with van der Waals surface area (Å²) < 4.78 is 6.95. The number of aryl methyl sites for hydroxylation is 1. The molecule has 0 unspecified atom stereocenters.